The van der Waals surface area contributed by atoms with Crippen LogP contribution in [0.25, 0.3) is 0 Å². The highest BCUT2D eigenvalue weighted by Crippen LogP contribution is 2.38. The van der Waals surface area contributed by atoms with Gasteiger partial charge in [0.25, 0.3) is 0 Å². The third-order valence-corrected chi connectivity index (χ3v) is 3.98. The van der Waals surface area contributed by atoms with E-state index in [2.05, 4.69) is 15.9 Å². The Hall–Kier alpha value is -1.69. The van der Waals surface area contributed by atoms with Crippen molar-refractivity contribution in [3.05, 3.63) is 58.9 Å². The van der Waals surface area contributed by atoms with Crippen LogP contribution in [0, 0.1) is 17.5 Å². The molecule has 0 spiro atoms. The van der Waals surface area contributed by atoms with Crippen molar-refractivity contribution in [2.75, 3.05) is 14.2 Å². The van der Waals surface area contributed by atoms with E-state index < -0.39 is 22.3 Å². The lowest BCUT2D eigenvalue weighted by atomic mass is 10.0. The molecule has 21 heavy (non-hydrogen) atoms. The summed E-state index contributed by atoms with van der Waals surface area (Å²) in [5.41, 5.74) is 0.292. The average Bonchev–Trinajstić information content (AvgIpc) is 2.45. The van der Waals surface area contributed by atoms with Crippen LogP contribution < -0.4 is 9.47 Å². The maximum atomic E-state index is 13.8. The monoisotopic (exact) mass is 360 g/mol. The van der Waals surface area contributed by atoms with Gasteiger partial charge in [0.2, 0.25) is 0 Å². The fourth-order valence-electron chi connectivity index (χ4n) is 1.97. The van der Waals surface area contributed by atoms with Crippen molar-refractivity contribution in [1.29, 1.82) is 0 Å². The Kier molecular flexibility index (Phi) is 4.77. The van der Waals surface area contributed by atoms with Crippen LogP contribution in [-0.4, -0.2) is 14.2 Å². The summed E-state index contributed by atoms with van der Waals surface area (Å²) in [6.45, 7) is 0. The van der Waals surface area contributed by atoms with Gasteiger partial charge in [0.05, 0.1) is 19.0 Å². The van der Waals surface area contributed by atoms with Gasteiger partial charge in [-0.1, -0.05) is 22.0 Å². The maximum Gasteiger partial charge on any atom is 0.161 e. The minimum atomic E-state index is -0.958. The van der Waals surface area contributed by atoms with E-state index in [1.54, 1.807) is 18.2 Å². The average molecular weight is 361 g/mol. The van der Waals surface area contributed by atoms with Crippen LogP contribution >= 0.6 is 15.9 Å². The zero-order chi connectivity index (χ0) is 15.6. The molecule has 0 heterocycles. The summed E-state index contributed by atoms with van der Waals surface area (Å²) in [4.78, 5) is -0.780. The SMILES string of the molecule is COc1ccc(C(Br)c2c(F)cc(F)cc2F)cc1OC. The summed E-state index contributed by atoms with van der Waals surface area (Å²) in [5, 5.41) is 0. The minimum Gasteiger partial charge on any atom is -0.493 e. The van der Waals surface area contributed by atoms with Crippen LogP contribution in [0.1, 0.15) is 16.0 Å². The van der Waals surface area contributed by atoms with Crippen molar-refractivity contribution in [3.8, 4) is 11.5 Å². The molecule has 2 nitrogen and oxygen atoms in total. The summed E-state index contributed by atoms with van der Waals surface area (Å²) in [6, 6.07) is 6.16. The second-order valence-electron chi connectivity index (χ2n) is 4.26. The van der Waals surface area contributed by atoms with Crippen LogP contribution in [-0.2, 0) is 0 Å². The van der Waals surface area contributed by atoms with Gasteiger partial charge in [-0.3, -0.25) is 0 Å². The Bertz CT molecular complexity index is 638. The van der Waals surface area contributed by atoms with Crippen molar-refractivity contribution in [2.24, 2.45) is 0 Å². The number of rotatable bonds is 4. The molecule has 0 aliphatic carbocycles. The van der Waals surface area contributed by atoms with Crippen LogP contribution in [0.2, 0.25) is 0 Å². The molecule has 0 aliphatic heterocycles. The quantitative estimate of drug-likeness (QED) is 0.741. The Labute approximate surface area is 128 Å². The molecular weight excluding hydrogens is 349 g/mol. The first-order valence-electron chi connectivity index (χ1n) is 5.98. The third kappa shape index (κ3) is 3.15. The van der Waals surface area contributed by atoms with E-state index in [9.17, 15) is 13.2 Å². The van der Waals surface area contributed by atoms with Crippen molar-refractivity contribution in [1.82, 2.24) is 0 Å². The zero-order valence-corrected chi connectivity index (χ0v) is 12.9. The molecule has 0 saturated carbocycles. The minimum absolute atomic E-state index is 0.261. The van der Waals surface area contributed by atoms with Gasteiger partial charge in [0.1, 0.15) is 17.5 Å². The molecule has 0 radical (unpaired) electrons. The first-order chi connectivity index (χ1) is 9.97. The number of ether oxygens (including phenoxy) is 2. The highest BCUT2D eigenvalue weighted by molar-refractivity contribution is 9.09. The fourth-order valence-corrected chi connectivity index (χ4v) is 2.69. The van der Waals surface area contributed by atoms with E-state index in [0.717, 1.165) is 0 Å². The van der Waals surface area contributed by atoms with Crippen LogP contribution in [0.3, 0.4) is 0 Å². The van der Waals surface area contributed by atoms with Gasteiger partial charge in [-0.15, -0.1) is 0 Å². The normalized spacial score (nSPS) is 12.1. The van der Waals surface area contributed by atoms with Gasteiger partial charge in [0.15, 0.2) is 11.5 Å². The van der Waals surface area contributed by atoms with Crippen molar-refractivity contribution < 1.29 is 22.6 Å². The Morgan fingerprint density at radius 2 is 1.48 bits per heavy atom. The predicted octanol–water partition coefficient (Wildman–Crippen LogP) is 4.61. The zero-order valence-electron chi connectivity index (χ0n) is 11.3. The molecule has 2 aromatic rings. The predicted molar refractivity (Wildman–Crippen MR) is 76.6 cm³/mol. The number of hydrogen-bond donors (Lipinski definition) is 0. The number of hydrogen-bond acceptors (Lipinski definition) is 2. The molecule has 2 rings (SSSR count). The molecule has 1 unspecified atom stereocenters. The molecule has 1 atom stereocenters. The van der Waals surface area contributed by atoms with Gasteiger partial charge in [-0.05, 0) is 17.7 Å². The summed E-state index contributed by atoms with van der Waals surface area (Å²) >= 11 is 3.23. The Morgan fingerprint density at radius 3 is 2.00 bits per heavy atom. The first kappa shape index (κ1) is 15.7. The standard InChI is InChI=1S/C15H12BrF3O2/c1-20-12-4-3-8(5-13(12)21-2)15(16)14-10(18)6-9(17)7-11(14)19/h3-7,15H,1-2H3. The molecule has 0 saturated heterocycles. The first-order valence-corrected chi connectivity index (χ1v) is 6.90. The van der Waals surface area contributed by atoms with E-state index in [0.29, 0.717) is 29.2 Å². The lowest BCUT2D eigenvalue weighted by Gasteiger charge is -2.15. The second-order valence-corrected chi connectivity index (χ2v) is 5.18. The molecule has 0 bridgehead atoms. The fraction of sp³-hybridized carbons (Fsp3) is 0.200. The second kappa shape index (κ2) is 6.39. The van der Waals surface area contributed by atoms with E-state index in [1.807, 2.05) is 0 Å². The molecule has 0 fully saturated rings. The summed E-state index contributed by atoms with van der Waals surface area (Å²) < 4.78 is 50.8. The smallest absolute Gasteiger partial charge is 0.161 e. The molecule has 112 valence electrons. The van der Waals surface area contributed by atoms with Gasteiger partial charge in [0, 0.05) is 17.7 Å². The maximum absolute atomic E-state index is 13.8. The van der Waals surface area contributed by atoms with E-state index in [-0.39, 0.29) is 5.56 Å². The topological polar surface area (TPSA) is 18.5 Å². The molecule has 0 aliphatic rings. The molecule has 6 heteroatoms. The largest absolute Gasteiger partial charge is 0.493 e. The van der Waals surface area contributed by atoms with Gasteiger partial charge < -0.3 is 9.47 Å². The lowest BCUT2D eigenvalue weighted by molar-refractivity contribution is 0.354. The van der Waals surface area contributed by atoms with Gasteiger partial charge in [-0.25, -0.2) is 13.2 Å². The number of halogens is 4. The highest BCUT2D eigenvalue weighted by Gasteiger charge is 2.22. The van der Waals surface area contributed by atoms with Crippen molar-refractivity contribution in [2.45, 2.75) is 4.83 Å². The van der Waals surface area contributed by atoms with E-state index in [4.69, 9.17) is 9.47 Å². The molecule has 0 N–H and O–H groups in total. The van der Waals surface area contributed by atoms with E-state index in [1.165, 1.54) is 14.2 Å². The number of benzene rings is 2. The number of methoxy groups -OCH3 is 2. The van der Waals surface area contributed by atoms with Gasteiger partial charge in [-0.2, -0.15) is 0 Å². The third-order valence-electron chi connectivity index (χ3n) is 3.00. The molecular formula is C15H12BrF3O2. The van der Waals surface area contributed by atoms with Crippen molar-refractivity contribution in [3.63, 3.8) is 0 Å². The van der Waals surface area contributed by atoms with E-state index >= 15 is 0 Å². The Morgan fingerprint density at radius 1 is 0.905 bits per heavy atom. The lowest BCUT2D eigenvalue weighted by Crippen LogP contribution is -2.02. The van der Waals surface area contributed by atoms with Gasteiger partial charge >= 0.3 is 0 Å². The van der Waals surface area contributed by atoms with Crippen LogP contribution in [0.15, 0.2) is 30.3 Å². The highest BCUT2D eigenvalue weighted by atomic mass is 79.9. The molecule has 2 aromatic carbocycles. The summed E-state index contributed by atoms with van der Waals surface area (Å²) in [5.74, 6) is -1.93. The Balaban J connectivity index is 2.47. The van der Waals surface area contributed by atoms with Crippen LogP contribution in [0.4, 0.5) is 13.2 Å². The number of alkyl halides is 1. The van der Waals surface area contributed by atoms with Crippen LogP contribution in [0.5, 0.6) is 11.5 Å². The molecule has 0 aromatic heterocycles. The van der Waals surface area contributed by atoms with Crippen molar-refractivity contribution >= 4 is 15.9 Å². The molecule has 0 amide bonds. The summed E-state index contributed by atoms with van der Waals surface area (Å²) in [6.07, 6.45) is 0. The summed E-state index contributed by atoms with van der Waals surface area (Å²) in [7, 11) is 2.95.